The van der Waals surface area contributed by atoms with Crippen molar-refractivity contribution in [3.63, 3.8) is 0 Å². The first-order valence-electron chi connectivity index (χ1n) is 6.52. The lowest BCUT2D eigenvalue weighted by Gasteiger charge is -2.09. The standard InChI is InChI=1S/C15H14BrClN2O/c16-11-1-4-13(17)14(8-11)20-15-7-10(5-6-18-15)9-19-12-2-3-12/h1,4-8,12,19H,2-3,9H2. The van der Waals surface area contributed by atoms with Crippen LogP contribution in [-0.2, 0) is 6.54 Å². The molecule has 0 unspecified atom stereocenters. The zero-order valence-electron chi connectivity index (χ0n) is 10.8. The number of rotatable bonds is 5. The van der Waals surface area contributed by atoms with Gasteiger partial charge in [-0.1, -0.05) is 27.5 Å². The molecule has 1 aliphatic rings. The Morgan fingerprint density at radius 3 is 2.95 bits per heavy atom. The third-order valence-corrected chi connectivity index (χ3v) is 3.88. The minimum Gasteiger partial charge on any atom is -0.437 e. The number of nitrogens with one attached hydrogen (secondary N) is 1. The average Bonchev–Trinajstić information content (AvgIpc) is 3.25. The molecule has 1 heterocycles. The highest BCUT2D eigenvalue weighted by molar-refractivity contribution is 9.10. The summed E-state index contributed by atoms with van der Waals surface area (Å²) in [5.41, 5.74) is 1.16. The molecular weight excluding hydrogens is 340 g/mol. The largest absolute Gasteiger partial charge is 0.437 e. The Kier molecular flexibility index (Phi) is 4.24. The smallest absolute Gasteiger partial charge is 0.219 e. The lowest BCUT2D eigenvalue weighted by atomic mass is 10.2. The SMILES string of the molecule is Clc1ccc(Br)cc1Oc1cc(CNC2CC2)ccn1. The van der Waals surface area contributed by atoms with Crippen LogP contribution in [0.3, 0.4) is 0 Å². The molecule has 1 aliphatic carbocycles. The maximum absolute atomic E-state index is 6.11. The highest BCUT2D eigenvalue weighted by atomic mass is 79.9. The van der Waals surface area contributed by atoms with E-state index in [0.29, 0.717) is 22.7 Å². The number of ether oxygens (including phenoxy) is 1. The van der Waals surface area contributed by atoms with Crippen molar-refractivity contribution in [3.05, 3.63) is 51.6 Å². The van der Waals surface area contributed by atoms with E-state index in [2.05, 4.69) is 26.2 Å². The summed E-state index contributed by atoms with van der Waals surface area (Å²) in [5.74, 6) is 1.15. The molecule has 2 aromatic rings. The minimum absolute atomic E-state index is 0.556. The van der Waals surface area contributed by atoms with Gasteiger partial charge in [0.1, 0.15) is 5.75 Å². The Labute approximate surface area is 131 Å². The first kappa shape index (κ1) is 13.9. The number of aromatic nitrogens is 1. The van der Waals surface area contributed by atoms with Crippen LogP contribution in [0.15, 0.2) is 41.0 Å². The summed E-state index contributed by atoms with van der Waals surface area (Å²) in [6, 6.07) is 10.1. The van der Waals surface area contributed by atoms with E-state index in [1.165, 1.54) is 12.8 Å². The fourth-order valence-electron chi connectivity index (χ4n) is 1.83. The van der Waals surface area contributed by atoms with Crippen molar-refractivity contribution in [1.29, 1.82) is 0 Å². The van der Waals surface area contributed by atoms with Gasteiger partial charge in [-0.15, -0.1) is 0 Å². The highest BCUT2D eigenvalue weighted by Gasteiger charge is 2.20. The third kappa shape index (κ3) is 3.72. The molecule has 0 bridgehead atoms. The molecule has 1 saturated carbocycles. The molecule has 0 aliphatic heterocycles. The van der Waals surface area contributed by atoms with Crippen molar-refractivity contribution in [2.75, 3.05) is 0 Å². The zero-order chi connectivity index (χ0) is 13.9. The second kappa shape index (κ2) is 6.12. The van der Waals surface area contributed by atoms with E-state index >= 15 is 0 Å². The highest BCUT2D eigenvalue weighted by Crippen LogP contribution is 2.31. The van der Waals surface area contributed by atoms with Gasteiger partial charge in [0.2, 0.25) is 5.88 Å². The van der Waals surface area contributed by atoms with Gasteiger partial charge in [0, 0.05) is 29.3 Å². The van der Waals surface area contributed by atoms with Gasteiger partial charge in [-0.3, -0.25) is 0 Å². The predicted octanol–water partition coefficient (Wildman–Crippen LogP) is 4.54. The van der Waals surface area contributed by atoms with Gasteiger partial charge < -0.3 is 10.1 Å². The fourth-order valence-corrected chi connectivity index (χ4v) is 2.33. The number of halogens is 2. The van der Waals surface area contributed by atoms with Crippen LogP contribution in [0.5, 0.6) is 11.6 Å². The predicted molar refractivity (Wildman–Crippen MR) is 83.3 cm³/mol. The molecule has 1 fully saturated rings. The number of benzene rings is 1. The lowest BCUT2D eigenvalue weighted by molar-refractivity contribution is 0.461. The fraction of sp³-hybridized carbons (Fsp3) is 0.267. The van der Waals surface area contributed by atoms with Gasteiger partial charge in [0.25, 0.3) is 0 Å². The molecule has 0 spiro atoms. The molecule has 1 aromatic carbocycles. The van der Waals surface area contributed by atoms with Crippen molar-refractivity contribution in [2.45, 2.75) is 25.4 Å². The molecule has 20 heavy (non-hydrogen) atoms. The first-order chi connectivity index (χ1) is 9.70. The molecule has 1 N–H and O–H groups in total. The minimum atomic E-state index is 0.556. The van der Waals surface area contributed by atoms with Crippen molar-refractivity contribution in [1.82, 2.24) is 10.3 Å². The van der Waals surface area contributed by atoms with Gasteiger partial charge in [-0.25, -0.2) is 4.98 Å². The molecule has 3 rings (SSSR count). The zero-order valence-corrected chi connectivity index (χ0v) is 13.1. The molecule has 3 nitrogen and oxygen atoms in total. The van der Waals surface area contributed by atoms with E-state index in [0.717, 1.165) is 16.6 Å². The summed E-state index contributed by atoms with van der Waals surface area (Å²) in [7, 11) is 0. The van der Waals surface area contributed by atoms with Gasteiger partial charge >= 0.3 is 0 Å². The van der Waals surface area contributed by atoms with E-state index in [4.69, 9.17) is 16.3 Å². The second-order valence-corrected chi connectivity index (χ2v) is 6.16. The van der Waals surface area contributed by atoms with Gasteiger partial charge in [-0.05, 0) is 42.7 Å². The average molecular weight is 354 g/mol. The summed E-state index contributed by atoms with van der Waals surface area (Å²) in [4.78, 5) is 4.22. The van der Waals surface area contributed by atoms with Crippen LogP contribution in [0.4, 0.5) is 0 Å². The van der Waals surface area contributed by atoms with Crippen LogP contribution in [0.1, 0.15) is 18.4 Å². The molecule has 0 radical (unpaired) electrons. The van der Waals surface area contributed by atoms with E-state index in [-0.39, 0.29) is 0 Å². The molecule has 5 heteroatoms. The maximum Gasteiger partial charge on any atom is 0.219 e. The second-order valence-electron chi connectivity index (χ2n) is 4.83. The summed E-state index contributed by atoms with van der Waals surface area (Å²) < 4.78 is 6.67. The Morgan fingerprint density at radius 2 is 2.15 bits per heavy atom. The van der Waals surface area contributed by atoms with Crippen LogP contribution >= 0.6 is 27.5 Å². The van der Waals surface area contributed by atoms with Crippen LogP contribution in [0.25, 0.3) is 0 Å². The molecule has 104 valence electrons. The Hall–Kier alpha value is -1.10. The molecular formula is C15H14BrClN2O. The van der Waals surface area contributed by atoms with Crippen molar-refractivity contribution in [3.8, 4) is 11.6 Å². The summed E-state index contributed by atoms with van der Waals surface area (Å²) in [5, 5.41) is 4.03. The van der Waals surface area contributed by atoms with E-state index in [1.54, 1.807) is 12.3 Å². The van der Waals surface area contributed by atoms with Gasteiger partial charge in [-0.2, -0.15) is 0 Å². The summed E-state index contributed by atoms with van der Waals surface area (Å²) >= 11 is 9.51. The summed E-state index contributed by atoms with van der Waals surface area (Å²) in [6.07, 6.45) is 4.31. The Balaban J connectivity index is 1.72. The van der Waals surface area contributed by atoms with Crippen LogP contribution in [-0.4, -0.2) is 11.0 Å². The Bertz CT molecular complexity index is 617. The topological polar surface area (TPSA) is 34.1 Å². The van der Waals surface area contributed by atoms with E-state index < -0.39 is 0 Å². The summed E-state index contributed by atoms with van der Waals surface area (Å²) in [6.45, 7) is 0.843. The van der Waals surface area contributed by atoms with E-state index in [9.17, 15) is 0 Å². The Morgan fingerprint density at radius 1 is 1.30 bits per heavy atom. The third-order valence-electron chi connectivity index (χ3n) is 3.08. The number of hydrogen-bond donors (Lipinski definition) is 1. The normalized spacial score (nSPS) is 14.3. The van der Waals surface area contributed by atoms with Gasteiger partial charge in [0.15, 0.2) is 0 Å². The maximum atomic E-state index is 6.11. The van der Waals surface area contributed by atoms with Crippen LogP contribution < -0.4 is 10.1 Å². The number of pyridine rings is 1. The first-order valence-corrected chi connectivity index (χ1v) is 7.69. The lowest BCUT2D eigenvalue weighted by Crippen LogP contribution is -2.15. The van der Waals surface area contributed by atoms with Crippen LogP contribution in [0.2, 0.25) is 5.02 Å². The van der Waals surface area contributed by atoms with E-state index in [1.807, 2.05) is 24.3 Å². The quantitative estimate of drug-likeness (QED) is 0.857. The number of hydrogen-bond acceptors (Lipinski definition) is 3. The van der Waals surface area contributed by atoms with Crippen molar-refractivity contribution < 1.29 is 4.74 Å². The van der Waals surface area contributed by atoms with Gasteiger partial charge in [0.05, 0.1) is 5.02 Å². The van der Waals surface area contributed by atoms with Crippen molar-refractivity contribution >= 4 is 27.5 Å². The molecule has 0 saturated heterocycles. The molecule has 0 amide bonds. The monoisotopic (exact) mass is 352 g/mol. The molecule has 1 aromatic heterocycles. The van der Waals surface area contributed by atoms with Crippen LogP contribution in [0, 0.1) is 0 Å². The number of nitrogens with zero attached hydrogens (tertiary/aromatic N) is 1. The van der Waals surface area contributed by atoms with Crippen molar-refractivity contribution in [2.24, 2.45) is 0 Å². The molecule has 0 atom stereocenters.